The van der Waals surface area contributed by atoms with E-state index in [1.807, 2.05) is 13.8 Å². The van der Waals surface area contributed by atoms with Crippen LogP contribution in [0.15, 0.2) is 0 Å². The summed E-state index contributed by atoms with van der Waals surface area (Å²) in [7, 11) is 0. The van der Waals surface area contributed by atoms with Crippen LogP contribution in [0.3, 0.4) is 0 Å². The molecule has 56 valence electrons. The summed E-state index contributed by atoms with van der Waals surface area (Å²) in [6, 6.07) is 0. The number of hydrogen-bond donors (Lipinski definition) is 1. The molecule has 1 nitrogen and oxygen atoms in total. The molecule has 3 atom stereocenters. The summed E-state index contributed by atoms with van der Waals surface area (Å²) in [6.07, 6.45) is 0.639. The van der Waals surface area contributed by atoms with Crippen molar-refractivity contribution in [1.29, 1.82) is 0 Å². The predicted molar refractivity (Wildman–Crippen MR) is 40.8 cm³/mol. The number of aliphatic hydroxyl groups excluding tert-OH is 1. The second-order valence-electron chi connectivity index (χ2n) is 2.52. The second kappa shape index (κ2) is 4.13. The molecule has 0 aromatic carbocycles. The zero-order chi connectivity index (χ0) is 7.44. The van der Waals surface area contributed by atoms with Gasteiger partial charge in [-0.2, -0.15) is 0 Å². The van der Waals surface area contributed by atoms with Gasteiger partial charge in [0, 0.05) is 5.38 Å². The van der Waals surface area contributed by atoms with E-state index in [0.29, 0.717) is 0 Å². The van der Waals surface area contributed by atoms with Gasteiger partial charge in [0.2, 0.25) is 0 Å². The van der Waals surface area contributed by atoms with Gasteiger partial charge in [-0.05, 0) is 19.3 Å². The van der Waals surface area contributed by atoms with Crippen LogP contribution in [-0.4, -0.2) is 16.6 Å². The fourth-order valence-corrected chi connectivity index (χ4v) is 0.885. The molecule has 0 saturated carbocycles. The van der Waals surface area contributed by atoms with Gasteiger partial charge in [-0.1, -0.05) is 13.8 Å². The maximum Gasteiger partial charge on any atom is 0.0551 e. The predicted octanol–water partition coefficient (Wildman–Crippen LogP) is 2.02. The lowest BCUT2D eigenvalue weighted by Gasteiger charge is -2.18. The molecule has 0 amide bonds. The Balaban J connectivity index is 3.58. The number of halogens is 1. The van der Waals surface area contributed by atoms with E-state index >= 15 is 0 Å². The lowest BCUT2D eigenvalue weighted by molar-refractivity contribution is 0.131. The van der Waals surface area contributed by atoms with E-state index in [9.17, 15) is 0 Å². The normalized spacial score (nSPS) is 21.0. The summed E-state index contributed by atoms with van der Waals surface area (Å²) in [5.74, 6) is 0.205. The van der Waals surface area contributed by atoms with Crippen molar-refractivity contribution < 1.29 is 5.11 Å². The van der Waals surface area contributed by atoms with Crippen molar-refractivity contribution in [3.8, 4) is 0 Å². The molecule has 9 heavy (non-hydrogen) atoms. The molecule has 0 aromatic rings. The molecule has 0 bridgehead atoms. The highest BCUT2D eigenvalue weighted by atomic mass is 35.5. The first-order chi connectivity index (χ1) is 4.09. The fourth-order valence-electron chi connectivity index (χ4n) is 0.674. The monoisotopic (exact) mass is 150 g/mol. The van der Waals surface area contributed by atoms with E-state index in [-0.39, 0.29) is 17.4 Å². The lowest BCUT2D eigenvalue weighted by atomic mass is 10.0. The van der Waals surface area contributed by atoms with E-state index < -0.39 is 0 Å². The first-order valence-corrected chi connectivity index (χ1v) is 3.85. The molecule has 0 rings (SSSR count). The third-order valence-electron chi connectivity index (χ3n) is 1.72. The maximum atomic E-state index is 9.04. The molecule has 0 saturated heterocycles. The Bertz CT molecular complexity index is 73.3. The van der Waals surface area contributed by atoms with Gasteiger partial charge < -0.3 is 5.11 Å². The molecule has 0 fully saturated rings. The van der Waals surface area contributed by atoms with Gasteiger partial charge >= 0.3 is 0 Å². The molecule has 1 N–H and O–H groups in total. The third-order valence-corrected chi connectivity index (χ3v) is 2.43. The number of alkyl halides is 1. The van der Waals surface area contributed by atoms with Gasteiger partial charge in [0.05, 0.1) is 6.10 Å². The van der Waals surface area contributed by atoms with Crippen molar-refractivity contribution in [3.63, 3.8) is 0 Å². The molecule has 0 aliphatic carbocycles. The maximum absolute atomic E-state index is 9.04. The Hall–Kier alpha value is 0.250. The summed E-state index contributed by atoms with van der Waals surface area (Å²) in [4.78, 5) is 0. The fraction of sp³-hybridized carbons (Fsp3) is 1.00. The molecule has 3 unspecified atom stereocenters. The third kappa shape index (κ3) is 3.07. The number of aliphatic hydroxyl groups is 1. The first kappa shape index (κ1) is 9.25. The van der Waals surface area contributed by atoms with Crippen molar-refractivity contribution in [3.05, 3.63) is 0 Å². The minimum absolute atomic E-state index is 0.116. The zero-order valence-electron chi connectivity index (χ0n) is 6.26. The summed E-state index contributed by atoms with van der Waals surface area (Å²) in [5.41, 5.74) is 0. The Morgan fingerprint density at radius 2 is 1.89 bits per heavy atom. The van der Waals surface area contributed by atoms with Gasteiger partial charge in [0.1, 0.15) is 0 Å². The van der Waals surface area contributed by atoms with Crippen molar-refractivity contribution in [2.24, 2.45) is 5.92 Å². The number of rotatable bonds is 3. The average Bonchev–Trinajstić information content (AvgIpc) is 1.84. The second-order valence-corrected chi connectivity index (χ2v) is 3.08. The van der Waals surface area contributed by atoms with Crippen LogP contribution < -0.4 is 0 Å². The van der Waals surface area contributed by atoms with Crippen molar-refractivity contribution >= 4 is 11.6 Å². The van der Waals surface area contributed by atoms with Gasteiger partial charge in [-0.15, -0.1) is 11.6 Å². The summed E-state index contributed by atoms with van der Waals surface area (Å²) in [5, 5.41) is 9.15. The van der Waals surface area contributed by atoms with Gasteiger partial charge in [0.25, 0.3) is 0 Å². The Kier molecular flexibility index (Phi) is 4.24. The first-order valence-electron chi connectivity index (χ1n) is 3.41. The van der Waals surface area contributed by atoms with Crippen molar-refractivity contribution in [1.82, 2.24) is 0 Å². The minimum atomic E-state index is -0.285. The smallest absolute Gasteiger partial charge is 0.0551 e. The van der Waals surface area contributed by atoms with Crippen LogP contribution in [-0.2, 0) is 0 Å². The molecular weight excluding hydrogens is 136 g/mol. The van der Waals surface area contributed by atoms with Crippen LogP contribution in [0.25, 0.3) is 0 Å². The summed E-state index contributed by atoms with van der Waals surface area (Å²) in [6.45, 7) is 5.76. The van der Waals surface area contributed by atoms with E-state index in [1.54, 1.807) is 6.92 Å². The molecule has 0 aliphatic heterocycles. The molecule has 0 aliphatic rings. The van der Waals surface area contributed by atoms with E-state index in [1.165, 1.54) is 0 Å². The largest absolute Gasteiger partial charge is 0.393 e. The van der Waals surface area contributed by atoms with E-state index in [4.69, 9.17) is 16.7 Å². The highest BCUT2D eigenvalue weighted by molar-refractivity contribution is 6.20. The zero-order valence-corrected chi connectivity index (χ0v) is 7.02. The van der Waals surface area contributed by atoms with E-state index in [0.717, 1.165) is 6.42 Å². The highest BCUT2D eigenvalue weighted by Crippen LogP contribution is 2.16. The van der Waals surface area contributed by atoms with E-state index in [2.05, 4.69) is 0 Å². The molecule has 2 heteroatoms. The van der Waals surface area contributed by atoms with Crippen LogP contribution in [0, 0.1) is 5.92 Å². The standard InChI is InChI=1S/C7H15ClO/c1-4-7(8)5(2)6(3)9/h5-7,9H,4H2,1-3H3. The summed E-state index contributed by atoms with van der Waals surface area (Å²) < 4.78 is 0. The van der Waals surface area contributed by atoms with Crippen molar-refractivity contribution in [2.45, 2.75) is 38.7 Å². The average molecular weight is 151 g/mol. The van der Waals surface area contributed by atoms with Gasteiger partial charge in [0.15, 0.2) is 0 Å². The Morgan fingerprint density at radius 3 is 2.00 bits per heavy atom. The molecule has 0 heterocycles. The topological polar surface area (TPSA) is 20.2 Å². The Morgan fingerprint density at radius 1 is 1.44 bits per heavy atom. The van der Waals surface area contributed by atoms with Gasteiger partial charge in [-0.3, -0.25) is 0 Å². The molecular formula is C7H15ClO. The van der Waals surface area contributed by atoms with Crippen LogP contribution in [0.4, 0.5) is 0 Å². The summed E-state index contributed by atoms with van der Waals surface area (Å²) >= 11 is 5.85. The van der Waals surface area contributed by atoms with Crippen LogP contribution >= 0.6 is 11.6 Å². The van der Waals surface area contributed by atoms with Crippen LogP contribution in [0.1, 0.15) is 27.2 Å². The Labute approximate surface area is 62.0 Å². The number of hydrogen-bond acceptors (Lipinski definition) is 1. The minimum Gasteiger partial charge on any atom is -0.393 e. The molecule has 0 radical (unpaired) electrons. The lowest BCUT2D eigenvalue weighted by Crippen LogP contribution is -2.22. The highest BCUT2D eigenvalue weighted by Gasteiger charge is 2.16. The SMILES string of the molecule is CCC(Cl)C(C)C(C)O. The van der Waals surface area contributed by atoms with Crippen molar-refractivity contribution in [2.75, 3.05) is 0 Å². The van der Waals surface area contributed by atoms with Crippen LogP contribution in [0.2, 0.25) is 0 Å². The van der Waals surface area contributed by atoms with Crippen LogP contribution in [0.5, 0.6) is 0 Å². The quantitative estimate of drug-likeness (QED) is 0.611. The molecule has 0 spiro atoms. The van der Waals surface area contributed by atoms with Gasteiger partial charge in [-0.25, -0.2) is 0 Å². The molecule has 0 aromatic heterocycles.